The smallest absolute Gasteiger partial charge is 0.354 e. The fourth-order valence-corrected chi connectivity index (χ4v) is 1.49. The third-order valence-corrected chi connectivity index (χ3v) is 2.53. The number of carboxylic acid groups (broad SMARTS) is 1. The molecule has 0 unspecified atom stereocenters. The molecule has 0 aliphatic rings. The Balaban J connectivity index is 1.69. The Hall–Kier alpha value is -2.97. The average Bonchev–Trinajstić information content (AvgIpc) is 2.99. The maximum atomic E-state index is 11.5. The number of aromatic carboxylic acids is 1. The van der Waals surface area contributed by atoms with E-state index in [9.17, 15) is 9.59 Å². The molecule has 0 aliphatic carbocycles. The first kappa shape index (κ1) is 14.4. The van der Waals surface area contributed by atoms with Gasteiger partial charge >= 0.3 is 12.0 Å². The highest BCUT2D eigenvalue weighted by molar-refractivity contribution is 5.85. The zero-order valence-electron chi connectivity index (χ0n) is 10.9. The lowest BCUT2D eigenvalue weighted by Gasteiger charge is -2.06. The summed E-state index contributed by atoms with van der Waals surface area (Å²) >= 11 is 0. The third kappa shape index (κ3) is 4.56. The number of hydrogen-bond donors (Lipinski definition) is 3. The molecule has 2 amide bonds. The molecule has 0 radical (unpaired) electrons. The second-order valence-corrected chi connectivity index (χ2v) is 4.05. The molecule has 9 nitrogen and oxygen atoms in total. The summed E-state index contributed by atoms with van der Waals surface area (Å²) in [4.78, 5) is 29.7. The summed E-state index contributed by atoms with van der Waals surface area (Å²) in [6, 6.07) is 2.62. The van der Waals surface area contributed by atoms with Gasteiger partial charge < -0.3 is 20.3 Å². The molecule has 0 atom stereocenters. The van der Waals surface area contributed by atoms with Crippen LogP contribution in [0.5, 0.6) is 0 Å². The second kappa shape index (κ2) is 6.98. The first-order valence-corrected chi connectivity index (χ1v) is 6.10. The molecular weight excluding hydrogens is 278 g/mol. The van der Waals surface area contributed by atoms with E-state index in [1.165, 1.54) is 18.6 Å². The predicted octanol–water partition coefficient (Wildman–Crippen LogP) is 0.205. The maximum Gasteiger partial charge on any atom is 0.354 e. The Morgan fingerprint density at radius 1 is 1.24 bits per heavy atom. The summed E-state index contributed by atoms with van der Waals surface area (Å²) in [7, 11) is 0. The van der Waals surface area contributed by atoms with Crippen molar-refractivity contribution in [3.63, 3.8) is 0 Å². The lowest BCUT2D eigenvalue weighted by Crippen LogP contribution is -2.36. The molecule has 0 bridgehead atoms. The van der Waals surface area contributed by atoms with Crippen LogP contribution in [-0.2, 0) is 13.0 Å². The van der Waals surface area contributed by atoms with Crippen LogP contribution in [0.4, 0.5) is 4.79 Å². The van der Waals surface area contributed by atoms with Crippen LogP contribution >= 0.6 is 0 Å². The number of carbonyl (C=O) groups excluding carboxylic acids is 1. The van der Waals surface area contributed by atoms with Crippen LogP contribution in [-0.4, -0.2) is 38.8 Å². The van der Waals surface area contributed by atoms with Crippen molar-refractivity contribution in [1.82, 2.24) is 25.8 Å². The minimum absolute atomic E-state index is 0.0391. The van der Waals surface area contributed by atoms with Crippen LogP contribution in [0.2, 0.25) is 0 Å². The van der Waals surface area contributed by atoms with Crippen LogP contribution in [0, 0.1) is 0 Å². The molecule has 9 heteroatoms. The van der Waals surface area contributed by atoms with Gasteiger partial charge in [0.05, 0.1) is 0 Å². The molecule has 2 rings (SSSR count). The summed E-state index contributed by atoms with van der Waals surface area (Å²) < 4.78 is 4.79. The van der Waals surface area contributed by atoms with E-state index < -0.39 is 5.97 Å². The first-order chi connectivity index (χ1) is 10.1. The monoisotopic (exact) mass is 291 g/mol. The van der Waals surface area contributed by atoms with E-state index in [1.807, 2.05) is 0 Å². The zero-order chi connectivity index (χ0) is 15.1. The minimum Gasteiger partial charge on any atom is -0.477 e. The molecule has 3 N–H and O–H groups in total. The number of nitrogens with one attached hydrogen (secondary N) is 2. The summed E-state index contributed by atoms with van der Waals surface area (Å²) in [5, 5.41) is 17.4. The van der Waals surface area contributed by atoms with E-state index in [0.717, 1.165) is 0 Å². The van der Waals surface area contributed by atoms with Crippen molar-refractivity contribution in [3.05, 3.63) is 41.8 Å². The van der Waals surface area contributed by atoms with Crippen molar-refractivity contribution in [3.8, 4) is 0 Å². The van der Waals surface area contributed by atoms with E-state index in [-0.39, 0.29) is 18.3 Å². The van der Waals surface area contributed by atoms with Gasteiger partial charge in [0.1, 0.15) is 5.69 Å². The first-order valence-electron chi connectivity index (χ1n) is 6.10. The van der Waals surface area contributed by atoms with Crippen molar-refractivity contribution < 1.29 is 19.2 Å². The van der Waals surface area contributed by atoms with Gasteiger partial charge in [0.2, 0.25) is 5.89 Å². The van der Waals surface area contributed by atoms with Gasteiger partial charge in [0.25, 0.3) is 0 Å². The number of nitrogens with zero attached hydrogens (tertiary/aromatic N) is 3. The summed E-state index contributed by atoms with van der Waals surface area (Å²) in [5.74, 6) is -0.642. The number of aromatic nitrogens is 3. The largest absolute Gasteiger partial charge is 0.477 e. The Morgan fingerprint density at radius 3 is 2.71 bits per heavy atom. The average molecular weight is 291 g/mol. The van der Waals surface area contributed by atoms with Crippen LogP contribution in [0.25, 0.3) is 0 Å². The van der Waals surface area contributed by atoms with Gasteiger partial charge in [-0.25, -0.2) is 14.6 Å². The topological polar surface area (TPSA) is 130 Å². The van der Waals surface area contributed by atoms with E-state index in [2.05, 4.69) is 25.8 Å². The van der Waals surface area contributed by atoms with Gasteiger partial charge in [0, 0.05) is 25.7 Å². The molecule has 2 aromatic heterocycles. The zero-order valence-corrected chi connectivity index (χ0v) is 10.9. The molecule has 0 saturated carbocycles. The van der Waals surface area contributed by atoms with Crippen molar-refractivity contribution in [1.29, 1.82) is 0 Å². The second-order valence-electron chi connectivity index (χ2n) is 4.05. The number of carboxylic acids is 1. The van der Waals surface area contributed by atoms with Crippen molar-refractivity contribution in [2.24, 2.45) is 0 Å². The highest BCUT2D eigenvalue weighted by Crippen LogP contribution is 2.00. The Morgan fingerprint density at radius 2 is 2.10 bits per heavy atom. The third-order valence-electron chi connectivity index (χ3n) is 2.53. The van der Waals surface area contributed by atoms with Gasteiger partial charge in [-0.15, -0.1) is 0 Å². The van der Waals surface area contributed by atoms with Gasteiger partial charge in [-0.2, -0.15) is 4.98 Å². The molecule has 0 spiro atoms. The standard InChI is InChI=1S/C12H13N5O4/c18-11(19)9-2-1-8(5-14-9)6-15-12(20)13-4-3-10-16-7-17-21-10/h1-2,5,7H,3-4,6H2,(H,18,19)(H2,13,15,20). The quantitative estimate of drug-likeness (QED) is 0.693. The molecule has 21 heavy (non-hydrogen) atoms. The lowest BCUT2D eigenvalue weighted by molar-refractivity contribution is 0.0690. The van der Waals surface area contributed by atoms with E-state index in [0.29, 0.717) is 24.4 Å². The number of pyridine rings is 1. The Bertz CT molecular complexity index is 597. The van der Waals surface area contributed by atoms with Crippen molar-refractivity contribution in [2.45, 2.75) is 13.0 Å². The fraction of sp³-hybridized carbons (Fsp3) is 0.250. The normalized spacial score (nSPS) is 10.1. The summed E-state index contributed by atoms with van der Waals surface area (Å²) in [6.45, 7) is 0.615. The number of carbonyl (C=O) groups is 2. The van der Waals surface area contributed by atoms with E-state index >= 15 is 0 Å². The molecule has 0 aromatic carbocycles. The number of amides is 2. The minimum atomic E-state index is -1.09. The van der Waals surface area contributed by atoms with Gasteiger partial charge in [-0.1, -0.05) is 11.2 Å². The van der Waals surface area contributed by atoms with E-state index in [1.54, 1.807) is 6.07 Å². The van der Waals surface area contributed by atoms with Gasteiger partial charge in [0.15, 0.2) is 6.33 Å². The van der Waals surface area contributed by atoms with Crippen LogP contribution in [0.15, 0.2) is 29.2 Å². The van der Waals surface area contributed by atoms with Crippen LogP contribution in [0.3, 0.4) is 0 Å². The Kier molecular flexibility index (Phi) is 4.80. The maximum absolute atomic E-state index is 11.5. The van der Waals surface area contributed by atoms with Crippen molar-refractivity contribution in [2.75, 3.05) is 6.54 Å². The predicted molar refractivity (Wildman–Crippen MR) is 69.4 cm³/mol. The molecule has 0 fully saturated rings. The van der Waals surface area contributed by atoms with Crippen LogP contribution < -0.4 is 10.6 Å². The molecule has 0 saturated heterocycles. The van der Waals surface area contributed by atoms with Crippen molar-refractivity contribution >= 4 is 12.0 Å². The fourth-order valence-electron chi connectivity index (χ4n) is 1.49. The van der Waals surface area contributed by atoms with Gasteiger partial charge in [-0.05, 0) is 11.6 Å². The Labute approximate surface area is 119 Å². The number of rotatable bonds is 6. The highest BCUT2D eigenvalue weighted by Gasteiger charge is 2.05. The SMILES string of the molecule is O=C(NCCc1ncno1)NCc1ccc(C(=O)O)nc1. The summed E-state index contributed by atoms with van der Waals surface area (Å²) in [5.41, 5.74) is 0.662. The highest BCUT2D eigenvalue weighted by atomic mass is 16.5. The lowest BCUT2D eigenvalue weighted by atomic mass is 10.2. The van der Waals surface area contributed by atoms with E-state index in [4.69, 9.17) is 9.63 Å². The molecule has 2 heterocycles. The molecule has 2 aromatic rings. The van der Waals surface area contributed by atoms with Crippen LogP contribution in [0.1, 0.15) is 21.9 Å². The molecular formula is C12H13N5O4. The van der Waals surface area contributed by atoms with Gasteiger partial charge in [-0.3, -0.25) is 0 Å². The molecule has 0 aliphatic heterocycles. The number of hydrogen-bond acceptors (Lipinski definition) is 6. The molecule has 110 valence electrons. The summed E-state index contributed by atoms with van der Waals surface area (Å²) in [6.07, 6.45) is 3.15. The number of urea groups is 1.